The zero-order chi connectivity index (χ0) is 20.1. The second-order valence-corrected chi connectivity index (χ2v) is 6.71. The Morgan fingerprint density at radius 1 is 1.11 bits per heavy atom. The molecule has 1 fully saturated rings. The summed E-state index contributed by atoms with van der Waals surface area (Å²) in [7, 11) is 2.96. The summed E-state index contributed by atoms with van der Waals surface area (Å²) in [5.41, 5.74) is 1.07. The molecule has 1 amide bonds. The van der Waals surface area contributed by atoms with Gasteiger partial charge in [-0.2, -0.15) is 0 Å². The molecular weight excluding hydrogens is 362 g/mol. The van der Waals surface area contributed by atoms with Crippen LogP contribution in [0.1, 0.15) is 11.1 Å². The van der Waals surface area contributed by atoms with Gasteiger partial charge in [-0.3, -0.25) is 9.69 Å². The number of benzene rings is 1. The highest BCUT2D eigenvalue weighted by molar-refractivity contribution is 5.67. The van der Waals surface area contributed by atoms with Crippen molar-refractivity contribution in [1.29, 1.82) is 0 Å². The number of aromatic nitrogens is 1. The first kappa shape index (κ1) is 19.8. The van der Waals surface area contributed by atoms with Crippen molar-refractivity contribution in [1.82, 2.24) is 14.4 Å². The van der Waals surface area contributed by atoms with Gasteiger partial charge < -0.3 is 24.0 Å². The molecule has 1 aliphatic rings. The van der Waals surface area contributed by atoms with Crippen molar-refractivity contribution in [2.45, 2.75) is 13.1 Å². The molecule has 0 spiro atoms. The highest BCUT2D eigenvalue weighted by Crippen LogP contribution is 2.17. The Balaban J connectivity index is 1.67. The minimum Gasteiger partial charge on any atom is -0.503 e. The molecule has 2 heterocycles. The largest absolute Gasteiger partial charge is 0.503 e. The van der Waals surface area contributed by atoms with Gasteiger partial charge in [-0.25, -0.2) is 4.79 Å². The monoisotopic (exact) mass is 387 g/mol. The lowest BCUT2D eigenvalue weighted by Crippen LogP contribution is -2.48. The van der Waals surface area contributed by atoms with E-state index in [4.69, 9.17) is 9.47 Å². The van der Waals surface area contributed by atoms with Gasteiger partial charge in [0.2, 0.25) is 0 Å². The summed E-state index contributed by atoms with van der Waals surface area (Å²) < 4.78 is 11.4. The molecule has 0 aliphatic carbocycles. The Labute approximate surface area is 163 Å². The Morgan fingerprint density at radius 2 is 1.86 bits per heavy atom. The third-order valence-electron chi connectivity index (χ3n) is 4.91. The van der Waals surface area contributed by atoms with Gasteiger partial charge >= 0.3 is 6.09 Å². The number of hydrogen-bond donors (Lipinski definition) is 1. The predicted molar refractivity (Wildman–Crippen MR) is 104 cm³/mol. The van der Waals surface area contributed by atoms with E-state index in [9.17, 15) is 14.7 Å². The number of carbonyl (C=O) groups excluding carboxylic acids is 1. The lowest BCUT2D eigenvalue weighted by molar-refractivity contribution is 0.0885. The number of amides is 1. The normalized spacial score (nSPS) is 14.7. The van der Waals surface area contributed by atoms with Crippen LogP contribution in [0.25, 0.3) is 0 Å². The molecule has 1 aromatic heterocycles. The van der Waals surface area contributed by atoms with Crippen LogP contribution in [0.15, 0.2) is 41.3 Å². The molecule has 1 saturated heterocycles. The van der Waals surface area contributed by atoms with E-state index < -0.39 is 5.56 Å². The molecule has 0 bridgehead atoms. The maximum atomic E-state index is 12.6. The summed E-state index contributed by atoms with van der Waals surface area (Å²) in [6.45, 7) is 3.22. The van der Waals surface area contributed by atoms with E-state index >= 15 is 0 Å². The molecule has 1 N–H and O–H groups in total. The van der Waals surface area contributed by atoms with Gasteiger partial charge in [-0.15, -0.1) is 0 Å². The number of methoxy groups -OCH3 is 2. The number of pyridine rings is 1. The second kappa shape index (κ2) is 8.79. The molecule has 0 atom stereocenters. The van der Waals surface area contributed by atoms with Crippen molar-refractivity contribution in [3.05, 3.63) is 58.0 Å². The van der Waals surface area contributed by atoms with Crippen LogP contribution in [-0.2, 0) is 17.8 Å². The van der Waals surface area contributed by atoms with Crippen molar-refractivity contribution in [2.24, 2.45) is 0 Å². The van der Waals surface area contributed by atoms with Crippen LogP contribution in [0.5, 0.6) is 11.5 Å². The van der Waals surface area contributed by atoms with Gasteiger partial charge in [0, 0.05) is 44.5 Å². The standard InChI is InChI=1S/C20H25N3O5/c1-27-17-5-3-4-15(12-17)13-23-7-6-16(18(24)19(23)25)14-21-8-10-22(11-9-21)20(26)28-2/h3-7,12,24H,8-11,13-14H2,1-2H3. The molecule has 0 radical (unpaired) electrons. The third kappa shape index (κ3) is 4.45. The first-order valence-electron chi connectivity index (χ1n) is 9.11. The number of nitrogens with zero attached hydrogens (tertiary/aromatic N) is 3. The molecule has 3 rings (SSSR count). The minimum atomic E-state index is -0.423. The fourth-order valence-electron chi connectivity index (χ4n) is 3.28. The van der Waals surface area contributed by atoms with Crippen molar-refractivity contribution < 1.29 is 19.4 Å². The molecule has 1 aliphatic heterocycles. The second-order valence-electron chi connectivity index (χ2n) is 6.71. The number of piperazine rings is 1. The van der Waals surface area contributed by atoms with Crippen LogP contribution in [0, 0.1) is 0 Å². The molecule has 2 aromatic rings. The average Bonchev–Trinajstić information content (AvgIpc) is 2.73. The Hall–Kier alpha value is -3.00. The van der Waals surface area contributed by atoms with Gasteiger partial charge in [0.05, 0.1) is 20.8 Å². The van der Waals surface area contributed by atoms with Crippen LogP contribution in [-0.4, -0.2) is 66.0 Å². The van der Waals surface area contributed by atoms with Crippen molar-refractivity contribution in [2.75, 3.05) is 40.4 Å². The van der Waals surface area contributed by atoms with Crippen LogP contribution in [0.2, 0.25) is 0 Å². The van der Waals surface area contributed by atoms with Crippen molar-refractivity contribution in [3.63, 3.8) is 0 Å². The van der Waals surface area contributed by atoms with E-state index in [-0.39, 0.29) is 11.8 Å². The molecule has 8 nitrogen and oxygen atoms in total. The fourth-order valence-corrected chi connectivity index (χ4v) is 3.28. The molecule has 150 valence electrons. The van der Waals surface area contributed by atoms with E-state index in [0.717, 1.165) is 11.3 Å². The maximum Gasteiger partial charge on any atom is 0.409 e. The Morgan fingerprint density at radius 3 is 2.54 bits per heavy atom. The number of ether oxygens (including phenoxy) is 2. The lowest BCUT2D eigenvalue weighted by atomic mass is 10.2. The van der Waals surface area contributed by atoms with Gasteiger partial charge in [0.25, 0.3) is 5.56 Å². The molecule has 28 heavy (non-hydrogen) atoms. The highest BCUT2D eigenvalue weighted by atomic mass is 16.5. The Bertz CT molecular complexity index is 888. The summed E-state index contributed by atoms with van der Waals surface area (Å²) in [5, 5.41) is 10.4. The van der Waals surface area contributed by atoms with E-state index in [0.29, 0.717) is 44.8 Å². The number of aromatic hydroxyl groups is 1. The van der Waals surface area contributed by atoms with Crippen LogP contribution in [0.3, 0.4) is 0 Å². The SMILES string of the molecule is COC(=O)N1CCN(Cc2ccn(Cc3cccc(OC)c3)c(=O)c2O)CC1. The number of hydrogen-bond acceptors (Lipinski definition) is 6. The van der Waals surface area contributed by atoms with Gasteiger partial charge in [-0.1, -0.05) is 12.1 Å². The van der Waals surface area contributed by atoms with Gasteiger partial charge in [-0.05, 0) is 23.8 Å². The summed E-state index contributed by atoms with van der Waals surface area (Å²) in [5.74, 6) is 0.485. The smallest absolute Gasteiger partial charge is 0.409 e. The third-order valence-corrected chi connectivity index (χ3v) is 4.91. The van der Waals surface area contributed by atoms with E-state index in [1.165, 1.54) is 11.7 Å². The lowest BCUT2D eigenvalue weighted by Gasteiger charge is -2.33. The maximum absolute atomic E-state index is 12.6. The first-order chi connectivity index (χ1) is 13.5. The van der Waals surface area contributed by atoms with Gasteiger partial charge in [0.1, 0.15) is 5.75 Å². The van der Waals surface area contributed by atoms with Crippen molar-refractivity contribution in [3.8, 4) is 11.5 Å². The molecule has 1 aromatic carbocycles. The summed E-state index contributed by atoms with van der Waals surface area (Å²) in [6, 6.07) is 9.23. The minimum absolute atomic E-state index is 0.235. The highest BCUT2D eigenvalue weighted by Gasteiger charge is 2.22. The Kier molecular flexibility index (Phi) is 6.20. The van der Waals surface area contributed by atoms with Crippen LogP contribution >= 0.6 is 0 Å². The first-order valence-corrected chi connectivity index (χ1v) is 9.11. The summed E-state index contributed by atoms with van der Waals surface area (Å²) in [6.07, 6.45) is 1.37. The fraction of sp³-hybridized carbons (Fsp3) is 0.400. The summed E-state index contributed by atoms with van der Waals surface area (Å²) >= 11 is 0. The number of carbonyl (C=O) groups is 1. The van der Waals surface area contributed by atoms with E-state index in [2.05, 4.69) is 4.90 Å². The number of rotatable bonds is 5. The van der Waals surface area contributed by atoms with Gasteiger partial charge in [0.15, 0.2) is 5.75 Å². The molecule has 0 unspecified atom stereocenters. The molecule has 0 saturated carbocycles. The average molecular weight is 387 g/mol. The van der Waals surface area contributed by atoms with E-state index in [1.807, 2.05) is 24.3 Å². The zero-order valence-electron chi connectivity index (χ0n) is 16.1. The topological polar surface area (TPSA) is 84.2 Å². The zero-order valence-corrected chi connectivity index (χ0v) is 16.1. The molecular formula is C20H25N3O5. The van der Waals surface area contributed by atoms with Crippen molar-refractivity contribution >= 4 is 6.09 Å². The summed E-state index contributed by atoms with van der Waals surface area (Å²) in [4.78, 5) is 27.9. The molecule has 8 heteroatoms. The predicted octanol–water partition coefficient (Wildman–Crippen LogP) is 1.49. The van der Waals surface area contributed by atoms with E-state index in [1.54, 1.807) is 24.3 Å². The van der Waals surface area contributed by atoms with Crippen LogP contribution in [0.4, 0.5) is 4.79 Å². The van der Waals surface area contributed by atoms with Crippen LogP contribution < -0.4 is 10.3 Å². The quantitative estimate of drug-likeness (QED) is 0.837.